The van der Waals surface area contributed by atoms with Gasteiger partial charge in [-0.1, -0.05) is 122 Å². The quantitative estimate of drug-likeness (QED) is 0.281. The number of thioether (sulfide) groups is 1. The van der Waals surface area contributed by atoms with E-state index in [-0.39, 0.29) is 0 Å². The average Bonchev–Trinajstić information content (AvgIpc) is 3.76. The van der Waals surface area contributed by atoms with Crippen molar-refractivity contribution in [1.82, 2.24) is 4.90 Å². The number of hydrogen-bond acceptors (Lipinski definition) is 2. The number of rotatable bonds is 3. The van der Waals surface area contributed by atoms with E-state index in [0.717, 1.165) is 129 Å². The third kappa shape index (κ3) is 5.65. The summed E-state index contributed by atoms with van der Waals surface area (Å²) in [6.07, 6.45) is 49.8. The minimum absolute atomic E-state index is 0.939. The lowest BCUT2D eigenvalue weighted by molar-refractivity contribution is -0.128. The van der Waals surface area contributed by atoms with Crippen molar-refractivity contribution in [3.05, 3.63) is 0 Å². The SMILES string of the molecule is C1CCC(C2C3CC4C(CC3C(C3CCCCC3)C3C5CCC(N6C7CCCCC7SC7CCCCC76)C6CCCC(C56)C23)C2CCCC3CCCC4C32)CC1. The van der Waals surface area contributed by atoms with Crippen LogP contribution in [0.15, 0.2) is 0 Å². The Hall–Kier alpha value is 0.310. The maximum Gasteiger partial charge on any atom is 0.0221 e. The Balaban J connectivity index is 0.898. The van der Waals surface area contributed by atoms with Crippen molar-refractivity contribution in [1.29, 1.82) is 0 Å². The van der Waals surface area contributed by atoms with Gasteiger partial charge in [0.2, 0.25) is 0 Å². The van der Waals surface area contributed by atoms with E-state index in [2.05, 4.69) is 16.7 Å². The van der Waals surface area contributed by atoms with Crippen LogP contribution in [0.4, 0.5) is 0 Å². The van der Waals surface area contributed by atoms with Crippen LogP contribution in [-0.4, -0.2) is 33.5 Å². The maximum atomic E-state index is 3.48. The van der Waals surface area contributed by atoms with Crippen LogP contribution in [0.3, 0.4) is 0 Å². The van der Waals surface area contributed by atoms with Gasteiger partial charge in [0, 0.05) is 28.6 Å². The number of fused-ring (bicyclic) bond motifs is 9. The third-order valence-corrected chi connectivity index (χ3v) is 25.2. The van der Waals surface area contributed by atoms with Crippen LogP contribution >= 0.6 is 11.8 Å². The highest BCUT2D eigenvalue weighted by Crippen LogP contribution is 2.75. The molecule has 1 saturated heterocycles. The van der Waals surface area contributed by atoms with Crippen LogP contribution in [0.1, 0.15) is 199 Å². The van der Waals surface area contributed by atoms with Crippen molar-refractivity contribution in [3.8, 4) is 0 Å². The summed E-state index contributed by atoms with van der Waals surface area (Å²) in [5, 5.41) is 1.95. The predicted octanol–water partition coefficient (Wildman–Crippen LogP) is 14.2. The van der Waals surface area contributed by atoms with Gasteiger partial charge in [0.05, 0.1) is 0 Å². The second kappa shape index (κ2) is 15.0. The molecule has 0 radical (unpaired) electrons. The lowest BCUT2D eigenvalue weighted by Crippen LogP contribution is -2.65. The van der Waals surface area contributed by atoms with Crippen molar-refractivity contribution in [3.63, 3.8) is 0 Å². The molecule has 21 atom stereocenters. The van der Waals surface area contributed by atoms with Gasteiger partial charge in [-0.25, -0.2) is 0 Å². The fourth-order valence-electron chi connectivity index (χ4n) is 22.5. The van der Waals surface area contributed by atoms with Crippen LogP contribution in [-0.2, 0) is 0 Å². The third-order valence-electron chi connectivity index (χ3n) is 23.4. The van der Waals surface area contributed by atoms with Crippen LogP contribution in [0.25, 0.3) is 0 Å². The molecule has 1 aliphatic heterocycles. The second-order valence-electron chi connectivity index (χ2n) is 24.8. The summed E-state index contributed by atoms with van der Waals surface area (Å²) in [5.41, 5.74) is 0. The van der Waals surface area contributed by atoms with Crippen molar-refractivity contribution in [2.24, 2.45) is 107 Å². The van der Waals surface area contributed by atoms with Crippen molar-refractivity contribution in [2.75, 3.05) is 0 Å². The van der Waals surface area contributed by atoms with Crippen LogP contribution in [0.2, 0.25) is 0 Å². The smallest absolute Gasteiger partial charge is 0.0221 e. The molecule has 56 heavy (non-hydrogen) atoms. The van der Waals surface area contributed by atoms with Crippen molar-refractivity contribution in [2.45, 2.75) is 228 Å². The van der Waals surface area contributed by atoms with Gasteiger partial charge in [0.25, 0.3) is 0 Å². The molecular weight excluding hydrogens is 695 g/mol. The Kier molecular flexibility index (Phi) is 9.88. The summed E-state index contributed by atoms with van der Waals surface area (Å²) < 4.78 is 0. The molecule has 21 unspecified atom stereocenters. The Morgan fingerprint density at radius 1 is 0.250 bits per heavy atom. The monoisotopic (exact) mass is 780 g/mol. The Morgan fingerprint density at radius 3 is 1.29 bits per heavy atom. The first-order valence-electron chi connectivity index (χ1n) is 27.2. The zero-order chi connectivity index (χ0) is 36.5. The summed E-state index contributed by atoms with van der Waals surface area (Å²) in [6, 6.07) is 2.84. The van der Waals surface area contributed by atoms with Gasteiger partial charge in [0.15, 0.2) is 0 Å². The van der Waals surface area contributed by atoms with E-state index in [1.807, 2.05) is 0 Å². The van der Waals surface area contributed by atoms with Crippen LogP contribution < -0.4 is 0 Å². The molecule has 13 aliphatic rings. The summed E-state index contributed by atoms with van der Waals surface area (Å²) in [7, 11) is 0. The molecule has 0 aromatic heterocycles. The first-order valence-corrected chi connectivity index (χ1v) is 28.2. The van der Waals surface area contributed by atoms with Gasteiger partial charge in [-0.15, -0.1) is 0 Å². The molecule has 0 aromatic carbocycles. The summed E-state index contributed by atoms with van der Waals surface area (Å²) >= 11 is 2.55. The van der Waals surface area contributed by atoms with Crippen LogP contribution in [0, 0.1) is 107 Å². The van der Waals surface area contributed by atoms with E-state index in [4.69, 9.17) is 0 Å². The lowest BCUT2D eigenvalue weighted by Gasteiger charge is -2.61. The first kappa shape index (κ1) is 36.9. The topological polar surface area (TPSA) is 3.24 Å². The minimum atomic E-state index is 0.939. The maximum absolute atomic E-state index is 3.48. The van der Waals surface area contributed by atoms with Gasteiger partial charge in [0.1, 0.15) is 0 Å². The predicted molar refractivity (Wildman–Crippen MR) is 234 cm³/mol. The standard InChI is InChI=1S/C54H85NS/c1-3-14-33(15-4-1)50-42-30-40-35-20-11-18-32-19-12-21-36(49(32)35)41(40)31-43(42)51(34-16-5-2-6-17-34)54-39-28-29-44(37-22-13-23-38(52(37)39)53(50)54)55-45-24-7-9-26-47(45)56-48-27-10-8-25-46(48)55/h32-54H,1-31H2. The highest BCUT2D eigenvalue weighted by molar-refractivity contribution is 8.00. The molecule has 0 amide bonds. The summed E-state index contributed by atoms with van der Waals surface area (Å²) in [6.45, 7) is 0. The minimum Gasteiger partial charge on any atom is -0.292 e. The fourth-order valence-corrected chi connectivity index (χ4v) is 24.5. The molecular formula is C54H85NS. The molecule has 1 heterocycles. The second-order valence-corrected chi connectivity index (χ2v) is 26.3. The first-order chi connectivity index (χ1) is 27.8. The fraction of sp³-hybridized carbons (Fsp3) is 1.00. The van der Waals surface area contributed by atoms with E-state index in [0.29, 0.717) is 0 Å². The highest BCUT2D eigenvalue weighted by atomic mass is 32.2. The van der Waals surface area contributed by atoms with Gasteiger partial charge in [-0.3, -0.25) is 4.90 Å². The van der Waals surface area contributed by atoms with Gasteiger partial charge >= 0.3 is 0 Å². The highest BCUT2D eigenvalue weighted by Gasteiger charge is 2.69. The van der Waals surface area contributed by atoms with E-state index in [9.17, 15) is 0 Å². The average molecular weight is 780 g/mol. The summed E-state index contributed by atoms with van der Waals surface area (Å²) in [5.74, 6) is 20.4. The molecule has 0 aromatic rings. The largest absolute Gasteiger partial charge is 0.292 e. The molecule has 312 valence electrons. The lowest BCUT2D eigenvalue weighted by atomic mass is 9.44. The Morgan fingerprint density at radius 2 is 0.696 bits per heavy atom. The molecule has 12 aliphatic carbocycles. The van der Waals surface area contributed by atoms with E-state index in [1.165, 1.54) is 31.6 Å². The Labute approximate surface area is 349 Å². The number of hydrogen-bond donors (Lipinski definition) is 0. The molecule has 13 rings (SSSR count). The molecule has 13 fully saturated rings. The Bertz CT molecular complexity index is 1310. The van der Waals surface area contributed by atoms with Gasteiger partial charge in [-0.05, 0) is 184 Å². The molecule has 12 saturated carbocycles. The van der Waals surface area contributed by atoms with Gasteiger partial charge in [-0.2, -0.15) is 11.8 Å². The normalized spacial score (nSPS) is 57.1. The van der Waals surface area contributed by atoms with Crippen molar-refractivity contribution >= 4 is 11.8 Å². The van der Waals surface area contributed by atoms with Gasteiger partial charge < -0.3 is 0 Å². The van der Waals surface area contributed by atoms with E-state index in [1.54, 1.807) is 173 Å². The molecule has 2 heteroatoms. The summed E-state index contributed by atoms with van der Waals surface area (Å²) in [4.78, 5) is 3.48. The zero-order valence-electron chi connectivity index (χ0n) is 36.1. The molecule has 0 N–H and O–H groups in total. The van der Waals surface area contributed by atoms with E-state index < -0.39 is 0 Å². The molecule has 0 bridgehead atoms. The zero-order valence-corrected chi connectivity index (χ0v) is 36.9. The number of nitrogens with zero attached hydrogens (tertiary/aromatic N) is 1. The van der Waals surface area contributed by atoms with Crippen molar-refractivity contribution < 1.29 is 0 Å². The van der Waals surface area contributed by atoms with Crippen LogP contribution in [0.5, 0.6) is 0 Å². The molecule has 1 nitrogen and oxygen atoms in total. The van der Waals surface area contributed by atoms with E-state index >= 15 is 0 Å². The molecule has 0 spiro atoms.